The van der Waals surface area contributed by atoms with E-state index in [9.17, 15) is 14.7 Å². The minimum absolute atomic E-state index is 0.211. The van der Waals surface area contributed by atoms with Crippen LogP contribution in [0.4, 0.5) is 0 Å². The van der Waals surface area contributed by atoms with Gasteiger partial charge in [0.2, 0.25) is 5.78 Å². The second kappa shape index (κ2) is 6.11. The molecule has 110 valence electrons. The number of ketones is 1. The predicted octanol–water partition coefficient (Wildman–Crippen LogP) is 2.03. The van der Waals surface area contributed by atoms with Crippen LogP contribution in [0.15, 0.2) is 30.3 Å². The van der Waals surface area contributed by atoms with Gasteiger partial charge in [-0.3, -0.25) is 9.59 Å². The molecular weight excluding hydrogens is 294 g/mol. The van der Waals surface area contributed by atoms with E-state index in [0.29, 0.717) is 21.8 Å². The molecule has 0 fully saturated rings. The van der Waals surface area contributed by atoms with Crippen molar-refractivity contribution in [2.24, 2.45) is 7.05 Å². The number of carbonyl (C=O) groups is 2. The molecule has 0 unspecified atom stereocenters. The van der Waals surface area contributed by atoms with Crippen LogP contribution < -0.4 is 0 Å². The Morgan fingerprint density at radius 3 is 2.38 bits per heavy atom. The number of rotatable bonds is 5. The lowest BCUT2D eigenvalue weighted by Gasteiger charge is -2.07. The van der Waals surface area contributed by atoms with Gasteiger partial charge in [-0.1, -0.05) is 11.6 Å². The molecule has 1 aromatic carbocycles. The Kier molecular flexibility index (Phi) is 4.45. The molecule has 0 aliphatic heterocycles. The van der Waals surface area contributed by atoms with Crippen molar-refractivity contribution in [2.45, 2.75) is 13.0 Å². The van der Waals surface area contributed by atoms with Gasteiger partial charge in [0.25, 0.3) is 0 Å². The summed E-state index contributed by atoms with van der Waals surface area (Å²) >= 11 is 5.79. The summed E-state index contributed by atoms with van der Waals surface area (Å²) in [4.78, 5) is 23.4. The molecule has 5 nitrogen and oxygen atoms in total. The molecule has 6 heteroatoms. The summed E-state index contributed by atoms with van der Waals surface area (Å²) in [5.74, 6) is -1.28. The van der Waals surface area contributed by atoms with E-state index in [1.54, 1.807) is 31.3 Å². The Bertz CT molecular complexity index is 688. The van der Waals surface area contributed by atoms with Crippen LogP contribution in [0.1, 0.15) is 27.3 Å². The van der Waals surface area contributed by atoms with Crippen LogP contribution in [0.3, 0.4) is 0 Å². The Labute approximate surface area is 126 Å². The first kappa shape index (κ1) is 15.3. The smallest absolute Gasteiger partial charge is 0.309 e. The molecular formula is C15H14ClNO4. The number of aromatic nitrogens is 1. The molecule has 1 heterocycles. The Morgan fingerprint density at radius 2 is 1.86 bits per heavy atom. The SMILES string of the molecule is Cn1c(CC(=O)O)cc(CO)c1C(=O)c1ccc(Cl)cc1. The molecule has 1 aromatic heterocycles. The Hall–Kier alpha value is -2.11. The third-order valence-electron chi connectivity index (χ3n) is 3.24. The van der Waals surface area contributed by atoms with Gasteiger partial charge in [0, 0.05) is 28.9 Å². The summed E-state index contributed by atoms with van der Waals surface area (Å²) in [7, 11) is 1.61. The second-order valence-corrected chi connectivity index (χ2v) is 5.07. The zero-order valence-electron chi connectivity index (χ0n) is 11.3. The molecule has 0 saturated carbocycles. The van der Waals surface area contributed by atoms with Gasteiger partial charge in [0.1, 0.15) is 0 Å². The summed E-state index contributed by atoms with van der Waals surface area (Å²) < 4.78 is 1.51. The molecule has 2 rings (SSSR count). The van der Waals surface area contributed by atoms with E-state index < -0.39 is 5.97 Å². The van der Waals surface area contributed by atoms with Crippen molar-refractivity contribution in [3.8, 4) is 0 Å². The zero-order chi connectivity index (χ0) is 15.6. The summed E-state index contributed by atoms with van der Waals surface area (Å²) in [6.07, 6.45) is -0.211. The van der Waals surface area contributed by atoms with Crippen molar-refractivity contribution in [1.82, 2.24) is 4.57 Å². The summed E-state index contributed by atoms with van der Waals surface area (Å²) in [6, 6.07) is 7.94. The van der Waals surface area contributed by atoms with E-state index in [1.807, 2.05) is 0 Å². The van der Waals surface area contributed by atoms with Crippen LogP contribution in [-0.2, 0) is 24.9 Å². The van der Waals surface area contributed by atoms with Gasteiger partial charge < -0.3 is 14.8 Å². The van der Waals surface area contributed by atoms with Crippen LogP contribution in [0.25, 0.3) is 0 Å². The maximum atomic E-state index is 12.5. The van der Waals surface area contributed by atoms with Gasteiger partial charge in [-0.05, 0) is 30.3 Å². The summed E-state index contributed by atoms with van der Waals surface area (Å²) in [5.41, 5.74) is 1.59. The third-order valence-corrected chi connectivity index (χ3v) is 3.49. The predicted molar refractivity (Wildman–Crippen MR) is 77.6 cm³/mol. The highest BCUT2D eigenvalue weighted by atomic mass is 35.5. The van der Waals surface area contributed by atoms with Crippen molar-refractivity contribution in [3.63, 3.8) is 0 Å². The second-order valence-electron chi connectivity index (χ2n) is 4.63. The largest absolute Gasteiger partial charge is 0.481 e. The lowest BCUT2D eigenvalue weighted by Crippen LogP contribution is -2.12. The number of aliphatic carboxylic acids is 1. The number of halogens is 1. The van der Waals surface area contributed by atoms with Crippen LogP contribution in [0.2, 0.25) is 5.02 Å². The fraction of sp³-hybridized carbons (Fsp3) is 0.200. The molecule has 2 N–H and O–H groups in total. The summed E-state index contributed by atoms with van der Waals surface area (Å²) in [6.45, 7) is -0.331. The molecule has 0 saturated heterocycles. The minimum atomic E-state index is -0.995. The number of hydrogen-bond donors (Lipinski definition) is 2. The van der Waals surface area contributed by atoms with E-state index in [0.717, 1.165) is 0 Å². The van der Waals surface area contributed by atoms with Gasteiger partial charge in [-0.25, -0.2) is 0 Å². The minimum Gasteiger partial charge on any atom is -0.481 e. The molecule has 0 atom stereocenters. The summed E-state index contributed by atoms with van der Waals surface area (Å²) in [5, 5.41) is 18.8. The average Bonchev–Trinajstić information content (AvgIpc) is 2.75. The van der Waals surface area contributed by atoms with Crippen LogP contribution >= 0.6 is 11.6 Å². The number of benzene rings is 1. The molecule has 0 aliphatic rings. The van der Waals surface area contributed by atoms with E-state index in [2.05, 4.69) is 0 Å². The maximum absolute atomic E-state index is 12.5. The highest BCUT2D eigenvalue weighted by Gasteiger charge is 2.21. The molecule has 2 aromatic rings. The number of carbonyl (C=O) groups excluding carboxylic acids is 1. The number of nitrogens with zero attached hydrogens (tertiary/aromatic N) is 1. The first-order chi connectivity index (χ1) is 9.93. The number of carboxylic acid groups (broad SMARTS) is 1. The zero-order valence-corrected chi connectivity index (χ0v) is 12.1. The monoisotopic (exact) mass is 307 g/mol. The van der Waals surface area contributed by atoms with E-state index in [4.69, 9.17) is 16.7 Å². The van der Waals surface area contributed by atoms with Gasteiger partial charge in [-0.2, -0.15) is 0 Å². The standard InChI is InChI=1S/C15H14ClNO4/c1-17-12(7-13(19)20)6-10(8-18)14(17)15(21)9-2-4-11(16)5-3-9/h2-6,18H,7-8H2,1H3,(H,19,20). The van der Waals surface area contributed by atoms with Gasteiger partial charge in [0.15, 0.2) is 0 Å². The maximum Gasteiger partial charge on any atom is 0.309 e. The Morgan fingerprint density at radius 1 is 1.24 bits per heavy atom. The van der Waals surface area contributed by atoms with Gasteiger partial charge in [0.05, 0.1) is 18.7 Å². The lowest BCUT2D eigenvalue weighted by molar-refractivity contribution is -0.136. The van der Waals surface area contributed by atoms with Crippen molar-refractivity contribution < 1.29 is 19.8 Å². The average molecular weight is 308 g/mol. The van der Waals surface area contributed by atoms with Crippen LogP contribution in [-0.4, -0.2) is 26.5 Å². The van der Waals surface area contributed by atoms with Gasteiger partial charge in [-0.15, -0.1) is 0 Å². The molecule has 0 amide bonds. The number of aliphatic hydroxyl groups excluding tert-OH is 1. The number of hydrogen-bond acceptors (Lipinski definition) is 3. The lowest BCUT2D eigenvalue weighted by atomic mass is 10.1. The van der Waals surface area contributed by atoms with Crippen molar-refractivity contribution >= 4 is 23.4 Å². The first-order valence-corrected chi connectivity index (χ1v) is 6.62. The number of aliphatic hydroxyl groups is 1. The molecule has 0 spiro atoms. The van der Waals surface area contributed by atoms with Crippen LogP contribution in [0.5, 0.6) is 0 Å². The van der Waals surface area contributed by atoms with E-state index in [1.165, 1.54) is 10.6 Å². The van der Waals surface area contributed by atoms with E-state index in [-0.39, 0.29) is 24.5 Å². The van der Waals surface area contributed by atoms with E-state index >= 15 is 0 Å². The first-order valence-electron chi connectivity index (χ1n) is 6.24. The van der Waals surface area contributed by atoms with Crippen molar-refractivity contribution in [3.05, 3.63) is 57.9 Å². The number of carboxylic acids is 1. The molecule has 21 heavy (non-hydrogen) atoms. The third kappa shape index (κ3) is 3.15. The molecule has 0 aliphatic carbocycles. The topological polar surface area (TPSA) is 79.5 Å². The molecule has 0 bridgehead atoms. The normalized spacial score (nSPS) is 10.6. The highest BCUT2D eigenvalue weighted by Crippen LogP contribution is 2.21. The fourth-order valence-corrected chi connectivity index (χ4v) is 2.33. The van der Waals surface area contributed by atoms with Crippen molar-refractivity contribution in [1.29, 1.82) is 0 Å². The van der Waals surface area contributed by atoms with Crippen molar-refractivity contribution in [2.75, 3.05) is 0 Å². The van der Waals surface area contributed by atoms with Crippen LogP contribution in [0, 0.1) is 0 Å². The highest BCUT2D eigenvalue weighted by molar-refractivity contribution is 6.30. The molecule has 0 radical (unpaired) electrons. The quantitative estimate of drug-likeness (QED) is 0.828. The Balaban J connectivity index is 2.46. The fourth-order valence-electron chi connectivity index (χ4n) is 2.21. The van der Waals surface area contributed by atoms with Gasteiger partial charge >= 0.3 is 5.97 Å².